The molecule has 0 amide bonds. The third-order valence-electron chi connectivity index (χ3n) is 3.79. The number of hydrogen-bond acceptors (Lipinski definition) is 6. The Morgan fingerprint density at radius 1 is 1.16 bits per heavy atom. The first-order valence-corrected chi connectivity index (χ1v) is 9.43. The second-order valence-corrected chi connectivity index (χ2v) is 7.39. The Morgan fingerprint density at radius 3 is 2.84 bits per heavy atom. The summed E-state index contributed by atoms with van der Waals surface area (Å²) in [4.78, 5) is 21.7. The smallest absolute Gasteiger partial charge is 0.350 e. The van der Waals surface area contributed by atoms with Gasteiger partial charge in [-0.2, -0.15) is 0 Å². The lowest BCUT2D eigenvalue weighted by atomic mass is 10.2. The molecule has 0 aliphatic rings. The molecule has 4 rings (SSSR count). The van der Waals surface area contributed by atoms with Crippen molar-refractivity contribution in [1.82, 2.24) is 9.97 Å². The molecule has 25 heavy (non-hydrogen) atoms. The van der Waals surface area contributed by atoms with Crippen molar-refractivity contribution in [3.63, 3.8) is 0 Å². The molecule has 0 spiro atoms. The fraction of sp³-hybridized carbons (Fsp3) is 0.105. The quantitative estimate of drug-likeness (QED) is 0.472. The molecule has 0 saturated carbocycles. The molecule has 124 valence electrons. The number of fused-ring (bicyclic) bond motifs is 1. The molecule has 0 aliphatic heterocycles. The molecular formula is C19H14N2O2S2. The number of aryl methyl sites for hydroxylation is 1. The van der Waals surface area contributed by atoms with E-state index in [1.54, 1.807) is 17.5 Å². The highest BCUT2D eigenvalue weighted by Crippen LogP contribution is 2.29. The van der Waals surface area contributed by atoms with E-state index in [-0.39, 0.29) is 12.6 Å². The number of thiazole rings is 1. The molecule has 0 radical (unpaired) electrons. The molecule has 0 saturated heterocycles. The number of nitrogens with zero attached hydrogens (tertiary/aromatic N) is 2. The van der Waals surface area contributed by atoms with Crippen LogP contribution in [-0.2, 0) is 11.3 Å². The lowest BCUT2D eigenvalue weighted by Crippen LogP contribution is -2.04. The summed E-state index contributed by atoms with van der Waals surface area (Å²) in [5.74, 6) is -0.340. The molecular weight excluding hydrogens is 352 g/mol. The van der Waals surface area contributed by atoms with Gasteiger partial charge in [-0.05, 0) is 35.9 Å². The predicted octanol–water partition coefficient (Wildman–Crippen LogP) is 5.09. The van der Waals surface area contributed by atoms with Crippen LogP contribution in [0.2, 0.25) is 0 Å². The maximum Gasteiger partial charge on any atom is 0.350 e. The lowest BCUT2D eigenvalue weighted by molar-refractivity contribution is 0.0479. The van der Waals surface area contributed by atoms with Crippen LogP contribution in [0.3, 0.4) is 0 Å². The number of pyridine rings is 1. The van der Waals surface area contributed by atoms with Gasteiger partial charge < -0.3 is 4.74 Å². The fourth-order valence-corrected chi connectivity index (χ4v) is 4.42. The first kappa shape index (κ1) is 15.9. The van der Waals surface area contributed by atoms with Crippen LogP contribution in [0.15, 0.2) is 54.0 Å². The van der Waals surface area contributed by atoms with E-state index in [0.717, 1.165) is 21.7 Å². The predicted molar refractivity (Wildman–Crippen MR) is 101 cm³/mol. The highest BCUT2D eigenvalue weighted by atomic mass is 32.1. The van der Waals surface area contributed by atoms with E-state index in [0.29, 0.717) is 10.6 Å². The van der Waals surface area contributed by atoms with Crippen molar-refractivity contribution in [2.24, 2.45) is 0 Å². The Hall–Kier alpha value is -2.57. The normalized spacial score (nSPS) is 10.9. The molecule has 3 heterocycles. The summed E-state index contributed by atoms with van der Waals surface area (Å²) >= 11 is 2.97. The molecule has 6 heteroatoms. The molecule has 4 aromatic rings. The van der Waals surface area contributed by atoms with Crippen molar-refractivity contribution in [1.29, 1.82) is 0 Å². The lowest BCUT2D eigenvalue weighted by Gasteiger charge is -2.03. The zero-order valence-electron chi connectivity index (χ0n) is 13.4. The highest BCUT2D eigenvalue weighted by molar-refractivity contribution is 7.17. The van der Waals surface area contributed by atoms with Crippen LogP contribution < -0.4 is 0 Å². The van der Waals surface area contributed by atoms with E-state index in [4.69, 9.17) is 4.74 Å². The van der Waals surface area contributed by atoms with Gasteiger partial charge in [0.25, 0.3) is 0 Å². The van der Waals surface area contributed by atoms with Gasteiger partial charge in [0.15, 0.2) is 0 Å². The van der Waals surface area contributed by atoms with Crippen molar-refractivity contribution < 1.29 is 9.53 Å². The Kier molecular flexibility index (Phi) is 4.29. The van der Waals surface area contributed by atoms with Gasteiger partial charge in [-0.3, -0.25) is 4.98 Å². The van der Waals surface area contributed by atoms with Crippen LogP contribution in [0, 0.1) is 6.92 Å². The summed E-state index contributed by atoms with van der Waals surface area (Å²) in [5, 5.41) is 3.90. The summed E-state index contributed by atoms with van der Waals surface area (Å²) in [6, 6.07) is 13.7. The molecule has 1 aromatic carbocycles. The average molecular weight is 366 g/mol. The Bertz CT molecular complexity index is 1040. The van der Waals surface area contributed by atoms with Crippen LogP contribution in [0.1, 0.15) is 20.9 Å². The van der Waals surface area contributed by atoms with Gasteiger partial charge in [-0.25, -0.2) is 9.78 Å². The molecule has 0 fully saturated rings. The molecule has 0 N–H and O–H groups in total. The number of aromatic nitrogens is 2. The maximum absolute atomic E-state index is 12.5. The molecule has 0 unspecified atom stereocenters. The van der Waals surface area contributed by atoms with E-state index in [9.17, 15) is 4.79 Å². The van der Waals surface area contributed by atoms with Crippen LogP contribution in [0.4, 0.5) is 0 Å². The minimum absolute atomic E-state index is 0.263. The number of rotatable bonds is 4. The Balaban J connectivity index is 1.53. The van der Waals surface area contributed by atoms with Crippen molar-refractivity contribution >= 4 is 38.7 Å². The first-order valence-electron chi connectivity index (χ1n) is 7.73. The first-order chi connectivity index (χ1) is 12.2. The van der Waals surface area contributed by atoms with Gasteiger partial charge in [0, 0.05) is 16.5 Å². The van der Waals surface area contributed by atoms with E-state index >= 15 is 0 Å². The van der Waals surface area contributed by atoms with Gasteiger partial charge in [0.05, 0.1) is 11.4 Å². The fourth-order valence-electron chi connectivity index (χ4n) is 2.54. The zero-order chi connectivity index (χ0) is 17.2. The van der Waals surface area contributed by atoms with Crippen LogP contribution in [0.5, 0.6) is 0 Å². The van der Waals surface area contributed by atoms with Crippen molar-refractivity contribution in [3.8, 4) is 10.7 Å². The Morgan fingerprint density at radius 2 is 2.00 bits per heavy atom. The summed E-state index contributed by atoms with van der Waals surface area (Å²) in [6.07, 6.45) is 1.71. The largest absolute Gasteiger partial charge is 0.457 e. The van der Waals surface area contributed by atoms with Gasteiger partial charge in [0.2, 0.25) is 0 Å². The van der Waals surface area contributed by atoms with Crippen molar-refractivity contribution in [2.75, 3.05) is 0 Å². The number of benzene rings is 1. The van der Waals surface area contributed by atoms with E-state index in [1.807, 2.05) is 48.7 Å². The van der Waals surface area contributed by atoms with Gasteiger partial charge >= 0.3 is 5.97 Å². The maximum atomic E-state index is 12.5. The number of hydrogen-bond donors (Lipinski definition) is 0. The highest BCUT2D eigenvalue weighted by Gasteiger charge is 2.18. The molecule has 0 bridgehead atoms. The molecule has 3 aromatic heterocycles. The minimum atomic E-state index is -0.340. The summed E-state index contributed by atoms with van der Waals surface area (Å²) in [6.45, 7) is 2.08. The standard InChI is InChI=1S/C19H14N2O2S2/c1-12-17(25-18(21-12)15-7-4-5-9-20-15)19(22)23-10-13-11-24-16-8-3-2-6-14(13)16/h2-9,11H,10H2,1H3. The molecule has 0 atom stereocenters. The molecule has 4 nitrogen and oxygen atoms in total. The van der Waals surface area contributed by atoms with E-state index in [1.165, 1.54) is 16.0 Å². The van der Waals surface area contributed by atoms with E-state index < -0.39 is 0 Å². The topological polar surface area (TPSA) is 52.1 Å². The van der Waals surface area contributed by atoms with Crippen LogP contribution in [0.25, 0.3) is 20.8 Å². The second kappa shape index (κ2) is 6.74. The summed E-state index contributed by atoms with van der Waals surface area (Å²) in [7, 11) is 0. The number of carbonyl (C=O) groups excluding carboxylic acids is 1. The number of esters is 1. The third-order valence-corrected chi connectivity index (χ3v) is 5.96. The number of ether oxygens (including phenoxy) is 1. The van der Waals surface area contributed by atoms with Gasteiger partial charge in [-0.15, -0.1) is 22.7 Å². The monoisotopic (exact) mass is 366 g/mol. The van der Waals surface area contributed by atoms with Crippen LogP contribution >= 0.6 is 22.7 Å². The summed E-state index contributed by atoms with van der Waals surface area (Å²) < 4.78 is 6.72. The SMILES string of the molecule is Cc1nc(-c2ccccn2)sc1C(=O)OCc1csc2ccccc12. The van der Waals surface area contributed by atoms with Gasteiger partial charge in [-0.1, -0.05) is 24.3 Å². The number of thiophene rings is 1. The average Bonchev–Trinajstić information content (AvgIpc) is 3.24. The molecule has 0 aliphatic carbocycles. The number of carbonyl (C=O) groups is 1. The van der Waals surface area contributed by atoms with E-state index in [2.05, 4.69) is 16.0 Å². The zero-order valence-corrected chi connectivity index (χ0v) is 15.1. The second-order valence-electron chi connectivity index (χ2n) is 5.48. The van der Waals surface area contributed by atoms with Gasteiger partial charge in [0.1, 0.15) is 16.5 Å². The summed E-state index contributed by atoms with van der Waals surface area (Å²) in [5.41, 5.74) is 2.46. The van der Waals surface area contributed by atoms with Crippen LogP contribution in [-0.4, -0.2) is 15.9 Å². The Labute approximate surface area is 152 Å². The van der Waals surface area contributed by atoms with Crippen molar-refractivity contribution in [2.45, 2.75) is 13.5 Å². The van der Waals surface area contributed by atoms with Crippen molar-refractivity contribution in [3.05, 3.63) is 70.2 Å². The minimum Gasteiger partial charge on any atom is -0.457 e. The third kappa shape index (κ3) is 3.18.